The van der Waals surface area contributed by atoms with Gasteiger partial charge in [0.2, 0.25) is 5.91 Å². The summed E-state index contributed by atoms with van der Waals surface area (Å²) in [5, 5.41) is 11.3. The number of para-hydroxylation sites is 1. The molecule has 1 atom stereocenters. The number of hydrazone groups is 1. The minimum Gasteiger partial charge on any atom is -0.489 e. The van der Waals surface area contributed by atoms with Crippen molar-refractivity contribution in [3.63, 3.8) is 0 Å². The molecule has 1 unspecified atom stereocenters. The summed E-state index contributed by atoms with van der Waals surface area (Å²) < 4.78 is 7.88. The van der Waals surface area contributed by atoms with E-state index in [1.807, 2.05) is 126 Å². The molecule has 0 bridgehead atoms. The summed E-state index contributed by atoms with van der Waals surface area (Å²) in [6, 6.07) is 37.8. The number of aromatic nitrogens is 2. The van der Waals surface area contributed by atoms with E-state index in [-0.39, 0.29) is 11.9 Å². The van der Waals surface area contributed by atoms with Crippen LogP contribution in [0.1, 0.15) is 36.1 Å². The van der Waals surface area contributed by atoms with Gasteiger partial charge in [0.1, 0.15) is 12.4 Å². The maximum absolute atomic E-state index is 12.7. The second-order valence-corrected chi connectivity index (χ2v) is 9.51. The Labute approximate surface area is 227 Å². The molecule has 1 amide bonds. The molecule has 6 rings (SSSR count). The van der Waals surface area contributed by atoms with Gasteiger partial charge in [-0.2, -0.15) is 10.2 Å². The molecular formula is C33H28N4O2. The average molecular weight is 513 g/mol. The smallest absolute Gasteiger partial charge is 0.240 e. The van der Waals surface area contributed by atoms with Crippen molar-refractivity contribution >= 4 is 11.6 Å². The highest BCUT2D eigenvalue weighted by Crippen LogP contribution is 2.38. The van der Waals surface area contributed by atoms with Crippen LogP contribution in [-0.4, -0.2) is 26.4 Å². The van der Waals surface area contributed by atoms with Crippen molar-refractivity contribution in [1.82, 2.24) is 14.8 Å². The third-order valence-corrected chi connectivity index (χ3v) is 6.84. The molecular weight excluding hydrogens is 484 g/mol. The van der Waals surface area contributed by atoms with Gasteiger partial charge in [0.05, 0.1) is 23.1 Å². The van der Waals surface area contributed by atoms with E-state index in [2.05, 4.69) is 0 Å². The van der Waals surface area contributed by atoms with Gasteiger partial charge in [-0.15, -0.1) is 0 Å². The Morgan fingerprint density at radius 2 is 1.46 bits per heavy atom. The fraction of sp³-hybridized carbons (Fsp3) is 0.121. The number of benzene rings is 4. The topological polar surface area (TPSA) is 59.7 Å². The molecule has 5 aromatic rings. The number of carbonyl (C=O) groups is 1. The van der Waals surface area contributed by atoms with Crippen LogP contribution in [0, 0.1) is 0 Å². The van der Waals surface area contributed by atoms with Gasteiger partial charge in [0.25, 0.3) is 0 Å². The van der Waals surface area contributed by atoms with Crippen LogP contribution in [0.25, 0.3) is 16.9 Å². The molecule has 39 heavy (non-hydrogen) atoms. The second kappa shape index (κ2) is 10.8. The molecule has 4 aromatic carbocycles. The standard InChI is InChI=1S/C33H28N4O2/c1-24(38)37-32(21-31(34-37)26-13-7-3-8-14-26)30-22-36(28-15-9-4-10-16-28)35-33(30)27-17-19-29(20-18-27)39-23-25-11-5-2-6-12-25/h2-20,22,32H,21,23H2,1H3. The maximum Gasteiger partial charge on any atom is 0.240 e. The molecule has 0 saturated heterocycles. The lowest BCUT2D eigenvalue weighted by Crippen LogP contribution is -2.24. The number of nitrogens with zero attached hydrogens (tertiary/aromatic N) is 4. The van der Waals surface area contributed by atoms with E-state index in [9.17, 15) is 4.79 Å². The van der Waals surface area contributed by atoms with E-state index < -0.39 is 0 Å². The van der Waals surface area contributed by atoms with Gasteiger partial charge in [-0.1, -0.05) is 78.9 Å². The van der Waals surface area contributed by atoms with E-state index in [1.54, 1.807) is 11.9 Å². The Hall–Kier alpha value is -4.97. The third kappa shape index (κ3) is 5.22. The largest absolute Gasteiger partial charge is 0.489 e. The maximum atomic E-state index is 12.7. The number of hydrogen-bond acceptors (Lipinski definition) is 4. The van der Waals surface area contributed by atoms with Crippen molar-refractivity contribution < 1.29 is 9.53 Å². The van der Waals surface area contributed by atoms with Crippen LogP contribution < -0.4 is 4.74 Å². The molecule has 1 aliphatic rings. The minimum atomic E-state index is -0.265. The highest BCUT2D eigenvalue weighted by molar-refractivity contribution is 6.03. The quantitative estimate of drug-likeness (QED) is 0.241. The summed E-state index contributed by atoms with van der Waals surface area (Å²) in [7, 11) is 0. The molecule has 0 fully saturated rings. The molecule has 6 heteroatoms. The molecule has 6 nitrogen and oxygen atoms in total. The number of hydrogen-bond donors (Lipinski definition) is 0. The van der Waals surface area contributed by atoms with Gasteiger partial charge in [-0.3, -0.25) is 4.79 Å². The zero-order valence-corrected chi connectivity index (χ0v) is 21.6. The van der Waals surface area contributed by atoms with Crippen LogP contribution in [0.5, 0.6) is 5.75 Å². The SMILES string of the molecule is CC(=O)N1N=C(c2ccccc2)CC1c1cn(-c2ccccc2)nc1-c1ccc(OCc2ccccc2)cc1. The summed E-state index contributed by atoms with van der Waals surface area (Å²) in [6.07, 6.45) is 2.63. The lowest BCUT2D eigenvalue weighted by molar-refractivity contribution is -0.130. The molecule has 0 spiro atoms. The van der Waals surface area contributed by atoms with E-state index in [1.165, 1.54) is 0 Å². The van der Waals surface area contributed by atoms with Gasteiger partial charge < -0.3 is 4.74 Å². The Morgan fingerprint density at radius 1 is 0.821 bits per heavy atom. The first-order valence-electron chi connectivity index (χ1n) is 13.0. The molecule has 2 heterocycles. The molecule has 192 valence electrons. The van der Waals surface area contributed by atoms with Gasteiger partial charge in [-0.05, 0) is 47.5 Å². The first-order valence-corrected chi connectivity index (χ1v) is 13.0. The molecule has 0 saturated carbocycles. The lowest BCUT2D eigenvalue weighted by atomic mass is 9.96. The second-order valence-electron chi connectivity index (χ2n) is 9.51. The van der Waals surface area contributed by atoms with E-state index in [4.69, 9.17) is 14.9 Å². The Bertz CT molecular complexity index is 1590. The zero-order chi connectivity index (χ0) is 26.6. The fourth-order valence-corrected chi connectivity index (χ4v) is 4.87. The minimum absolute atomic E-state index is 0.103. The van der Waals surface area contributed by atoms with Crippen molar-refractivity contribution in [2.45, 2.75) is 26.0 Å². The van der Waals surface area contributed by atoms with E-state index in [0.29, 0.717) is 13.0 Å². The molecule has 1 aromatic heterocycles. The predicted molar refractivity (Wildman–Crippen MR) is 153 cm³/mol. The van der Waals surface area contributed by atoms with Crippen LogP contribution >= 0.6 is 0 Å². The van der Waals surface area contributed by atoms with Crippen LogP contribution in [0.2, 0.25) is 0 Å². The summed E-state index contributed by atoms with van der Waals surface area (Å²) in [5.74, 6) is 0.682. The third-order valence-electron chi connectivity index (χ3n) is 6.84. The Kier molecular flexibility index (Phi) is 6.75. The molecule has 1 aliphatic heterocycles. The van der Waals surface area contributed by atoms with Crippen LogP contribution in [-0.2, 0) is 11.4 Å². The first kappa shape index (κ1) is 24.4. The fourth-order valence-electron chi connectivity index (χ4n) is 4.87. The zero-order valence-electron chi connectivity index (χ0n) is 21.6. The summed E-state index contributed by atoms with van der Waals surface area (Å²) in [5.41, 5.74) is 6.68. The summed E-state index contributed by atoms with van der Waals surface area (Å²) in [6.45, 7) is 2.06. The summed E-state index contributed by atoms with van der Waals surface area (Å²) >= 11 is 0. The van der Waals surface area contributed by atoms with E-state index >= 15 is 0 Å². The van der Waals surface area contributed by atoms with Crippen molar-refractivity contribution in [2.75, 3.05) is 0 Å². The predicted octanol–water partition coefficient (Wildman–Crippen LogP) is 6.82. The van der Waals surface area contributed by atoms with Crippen molar-refractivity contribution in [3.05, 3.63) is 138 Å². The lowest BCUT2D eigenvalue weighted by Gasteiger charge is -2.20. The molecule has 0 aliphatic carbocycles. The van der Waals surface area contributed by atoms with Crippen LogP contribution in [0.15, 0.2) is 127 Å². The molecule has 0 N–H and O–H groups in total. The monoisotopic (exact) mass is 512 g/mol. The van der Waals surface area contributed by atoms with Gasteiger partial charge in [-0.25, -0.2) is 9.69 Å². The van der Waals surface area contributed by atoms with Crippen molar-refractivity contribution in [1.29, 1.82) is 0 Å². The van der Waals surface area contributed by atoms with Crippen molar-refractivity contribution in [3.8, 4) is 22.7 Å². The van der Waals surface area contributed by atoms with Crippen molar-refractivity contribution in [2.24, 2.45) is 5.10 Å². The first-order chi connectivity index (χ1) is 19.2. The molecule has 0 radical (unpaired) electrons. The normalized spacial score (nSPS) is 14.7. The number of ether oxygens (including phenoxy) is 1. The Balaban J connectivity index is 1.35. The summed E-state index contributed by atoms with van der Waals surface area (Å²) in [4.78, 5) is 12.7. The Morgan fingerprint density at radius 3 is 2.13 bits per heavy atom. The van der Waals surface area contributed by atoms with Gasteiger partial charge in [0, 0.05) is 30.7 Å². The van der Waals surface area contributed by atoms with Gasteiger partial charge >= 0.3 is 0 Å². The van der Waals surface area contributed by atoms with E-state index in [0.717, 1.165) is 45.1 Å². The number of amides is 1. The number of carbonyl (C=O) groups excluding carboxylic acids is 1. The van der Waals surface area contributed by atoms with Crippen LogP contribution in [0.4, 0.5) is 0 Å². The van der Waals surface area contributed by atoms with Gasteiger partial charge in [0.15, 0.2) is 0 Å². The average Bonchev–Trinajstić information content (AvgIpc) is 3.64. The highest BCUT2D eigenvalue weighted by atomic mass is 16.5. The van der Waals surface area contributed by atoms with Crippen LogP contribution in [0.3, 0.4) is 0 Å². The number of rotatable bonds is 7. The highest BCUT2D eigenvalue weighted by Gasteiger charge is 2.34.